The summed E-state index contributed by atoms with van der Waals surface area (Å²) < 4.78 is 31.8. The van der Waals surface area contributed by atoms with E-state index in [1.807, 2.05) is 6.92 Å². The van der Waals surface area contributed by atoms with Gasteiger partial charge in [-0.2, -0.15) is 5.10 Å². The number of nitrogens with zero attached hydrogens (tertiary/aromatic N) is 1. The minimum absolute atomic E-state index is 0.158. The number of anilines is 1. The molecule has 0 radical (unpaired) electrons. The van der Waals surface area contributed by atoms with Crippen LogP contribution in [-0.4, -0.2) is 36.8 Å². The van der Waals surface area contributed by atoms with Gasteiger partial charge in [-0.25, -0.2) is 13.2 Å². The van der Waals surface area contributed by atoms with Crippen LogP contribution in [0.1, 0.15) is 48.7 Å². The normalized spacial score (nSPS) is 12.6. The lowest BCUT2D eigenvalue weighted by atomic mass is 10.0. The molecule has 0 amide bonds. The lowest BCUT2D eigenvalue weighted by Crippen LogP contribution is -2.14. The number of H-pyrrole nitrogens is 1. The minimum atomic E-state index is -3.97. The van der Waals surface area contributed by atoms with Crippen molar-refractivity contribution in [2.24, 2.45) is 0 Å². The fourth-order valence-corrected chi connectivity index (χ4v) is 3.40. The Bertz CT molecular complexity index is 860. The first kappa shape index (κ1) is 18.8. The second-order valence-corrected chi connectivity index (χ2v) is 7.36. The van der Waals surface area contributed by atoms with Gasteiger partial charge in [0.2, 0.25) is 0 Å². The highest BCUT2D eigenvalue weighted by molar-refractivity contribution is 7.92. The molecule has 0 unspecified atom stereocenters. The third-order valence-electron chi connectivity index (χ3n) is 3.77. The van der Waals surface area contributed by atoms with E-state index in [9.17, 15) is 18.3 Å². The number of aromatic amines is 1. The van der Waals surface area contributed by atoms with Crippen molar-refractivity contribution in [1.82, 2.24) is 10.2 Å². The van der Waals surface area contributed by atoms with Crippen molar-refractivity contribution < 1.29 is 23.1 Å². The topological polar surface area (TPSA) is 121 Å². The monoisotopic (exact) mass is 367 g/mol. The summed E-state index contributed by atoms with van der Waals surface area (Å²) in [5.74, 6) is -0.799. The molecule has 0 spiro atoms. The van der Waals surface area contributed by atoms with Crippen molar-refractivity contribution >= 4 is 21.8 Å². The Morgan fingerprint density at radius 3 is 2.76 bits per heavy atom. The van der Waals surface area contributed by atoms with Gasteiger partial charge in [0, 0.05) is 11.8 Å². The van der Waals surface area contributed by atoms with Crippen LogP contribution in [-0.2, 0) is 14.8 Å². The second-order valence-electron chi connectivity index (χ2n) is 5.67. The quantitative estimate of drug-likeness (QED) is 0.647. The Hall–Kier alpha value is -2.55. The summed E-state index contributed by atoms with van der Waals surface area (Å²) in [7, 11) is -2.83. The van der Waals surface area contributed by atoms with E-state index in [4.69, 9.17) is 0 Å². The molecule has 1 aromatic heterocycles. The molecule has 8 nitrogen and oxygen atoms in total. The molecule has 9 heteroatoms. The summed E-state index contributed by atoms with van der Waals surface area (Å²) in [6.45, 7) is 4.10. The summed E-state index contributed by atoms with van der Waals surface area (Å²) in [5.41, 5.74) is 0.602. The molecule has 0 aliphatic heterocycles. The Morgan fingerprint density at radius 2 is 2.12 bits per heavy atom. The van der Waals surface area contributed by atoms with E-state index in [0.29, 0.717) is 0 Å². The van der Waals surface area contributed by atoms with Crippen LogP contribution in [0.15, 0.2) is 29.2 Å². The molecule has 0 fully saturated rings. The van der Waals surface area contributed by atoms with Crippen LogP contribution < -0.4 is 4.72 Å². The highest BCUT2D eigenvalue weighted by Gasteiger charge is 2.21. The summed E-state index contributed by atoms with van der Waals surface area (Å²) in [4.78, 5) is 11.4. The number of carbonyl (C=O) groups excluding carboxylic acids is 1. The second kappa shape index (κ2) is 7.56. The number of sulfonamides is 1. The SMILES string of the molecule is CCC[C@H](C)c1cc(NS(=O)(=O)c2ccc(O)c(C(=O)OC)c2)n[nH]1. The van der Waals surface area contributed by atoms with Crippen LogP contribution in [0.25, 0.3) is 0 Å². The van der Waals surface area contributed by atoms with Gasteiger partial charge in [0.25, 0.3) is 10.0 Å². The largest absolute Gasteiger partial charge is 0.507 e. The number of esters is 1. The molecule has 2 rings (SSSR count). The summed E-state index contributed by atoms with van der Waals surface area (Å²) in [5, 5.41) is 16.5. The standard InChI is InChI=1S/C16H21N3O5S/c1-4-5-10(2)13-9-15(18-17-13)19-25(22,23)11-6-7-14(20)12(8-11)16(21)24-3/h6-10,20H,4-5H2,1-3H3,(H2,17,18,19)/t10-/m0/s1. The van der Waals surface area contributed by atoms with Gasteiger partial charge in [0.1, 0.15) is 11.3 Å². The van der Waals surface area contributed by atoms with E-state index in [1.54, 1.807) is 6.07 Å². The van der Waals surface area contributed by atoms with Crippen molar-refractivity contribution in [2.45, 2.75) is 37.5 Å². The van der Waals surface area contributed by atoms with Gasteiger partial charge >= 0.3 is 5.97 Å². The van der Waals surface area contributed by atoms with Crippen LogP contribution in [0.2, 0.25) is 0 Å². The van der Waals surface area contributed by atoms with Gasteiger partial charge in [0.15, 0.2) is 5.82 Å². The van der Waals surface area contributed by atoms with Gasteiger partial charge in [-0.3, -0.25) is 9.82 Å². The predicted octanol–water partition coefficient (Wildman–Crippen LogP) is 2.61. The number of aromatic nitrogens is 2. The number of ether oxygens (including phenoxy) is 1. The first-order valence-corrected chi connectivity index (χ1v) is 9.26. The summed E-state index contributed by atoms with van der Waals surface area (Å²) in [6, 6.07) is 5.01. The Labute approximate surface area is 146 Å². The number of methoxy groups -OCH3 is 1. The van der Waals surface area contributed by atoms with Crippen LogP contribution in [0, 0.1) is 0 Å². The number of hydrogen-bond donors (Lipinski definition) is 3. The van der Waals surface area contributed by atoms with E-state index in [1.165, 1.54) is 6.07 Å². The van der Waals surface area contributed by atoms with Gasteiger partial charge in [-0.1, -0.05) is 20.3 Å². The number of phenols is 1. The Morgan fingerprint density at radius 1 is 1.40 bits per heavy atom. The zero-order valence-corrected chi connectivity index (χ0v) is 15.1. The fourth-order valence-electron chi connectivity index (χ4n) is 2.38. The molecule has 1 heterocycles. The smallest absolute Gasteiger partial charge is 0.341 e. The van der Waals surface area contributed by atoms with Crippen LogP contribution in [0.4, 0.5) is 5.82 Å². The minimum Gasteiger partial charge on any atom is -0.507 e. The Kier molecular flexibility index (Phi) is 5.68. The van der Waals surface area contributed by atoms with Crippen molar-refractivity contribution in [1.29, 1.82) is 0 Å². The maximum absolute atomic E-state index is 12.5. The molecule has 0 saturated carbocycles. The number of rotatable bonds is 7. The van der Waals surface area contributed by atoms with E-state index < -0.39 is 16.0 Å². The summed E-state index contributed by atoms with van der Waals surface area (Å²) in [6.07, 6.45) is 1.96. The number of carbonyl (C=O) groups is 1. The molecule has 2 aromatic rings. The van der Waals surface area contributed by atoms with Crippen LogP contribution in [0.5, 0.6) is 5.75 Å². The number of benzene rings is 1. The first-order valence-electron chi connectivity index (χ1n) is 7.78. The fraction of sp³-hybridized carbons (Fsp3) is 0.375. The number of hydrogen-bond acceptors (Lipinski definition) is 6. The lowest BCUT2D eigenvalue weighted by molar-refractivity contribution is 0.0597. The molecule has 25 heavy (non-hydrogen) atoms. The summed E-state index contributed by atoms with van der Waals surface area (Å²) >= 11 is 0. The van der Waals surface area contributed by atoms with Gasteiger partial charge in [-0.05, 0) is 30.5 Å². The maximum Gasteiger partial charge on any atom is 0.341 e. The molecule has 0 aliphatic carbocycles. The van der Waals surface area contributed by atoms with Crippen molar-refractivity contribution in [2.75, 3.05) is 11.8 Å². The third kappa shape index (κ3) is 4.30. The maximum atomic E-state index is 12.5. The van der Waals surface area contributed by atoms with Crippen molar-refractivity contribution in [3.05, 3.63) is 35.5 Å². The highest BCUT2D eigenvalue weighted by atomic mass is 32.2. The molecule has 1 atom stereocenters. The van der Waals surface area contributed by atoms with Crippen LogP contribution >= 0.6 is 0 Å². The number of nitrogens with one attached hydrogen (secondary N) is 2. The van der Waals surface area contributed by atoms with E-state index >= 15 is 0 Å². The average Bonchev–Trinajstić information content (AvgIpc) is 3.02. The molecular formula is C16H21N3O5S. The molecule has 0 bridgehead atoms. The zero-order chi connectivity index (χ0) is 18.6. The average molecular weight is 367 g/mol. The molecule has 3 N–H and O–H groups in total. The van der Waals surface area contributed by atoms with E-state index in [2.05, 4.69) is 26.6 Å². The molecule has 136 valence electrons. The lowest BCUT2D eigenvalue weighted by Gasteiger charge is -2.08. The zero-order valence-electron chi connectivity index (χ0n) is 14.2. The van der Waals surface area contributed by atoms with Gasteiger partial charge in [-0.15, -0.1) is 0 Å². The molecule has 0 saturated heterocycles. The number of aromatic hydroxyl groups is 1. The van der Waals surface area contributed by atoms with Crippen molar-refractivity contribution in [3.63, 3.8) is 0 Å². The molecular weight excluding hydrogens is 346 g/mol. The van der Waals surface area contributed by atoms with E-state index in [-0.39, 0.29) is 27.9 Å². The van der Waals surface area contributed by atoms with E-state index in [0.717, 1.165) is 37.8 Å². The Balaban J connectivity index is 2.26. The van der Waals surface area contributed by atoms with Crippen molar-refractivity contribution in [3.8, 4) is 5.75 Å². The van der Waals surface area contributed by atoms with Gasteiger partial charge < -0.3 is 9.84 Å². The van der Waals surface area contributed by atoms with Crippen LogP contribution in [0.3, 0.4) is 0 Å². The first-order chi connectivity index (χ1) is 11.8. The number of phenolic OH excluding ortho intramolecular Hbond substituents is 1. The van der Waals surface area contributed by atoms with Gasteiger partial charge in [0.05, 0.1) is 12.0 Å². The predicted molar refractivity (Wildman–Crippen MR) is 92.2 cm³/mol. The highest BCUT2D eigenvalue weighted by Crippen LogP contribution is 2.25. The third-order valence-corrected chi connectivity index (χ3v) is 5.13. The molecule has 0 aliphatic rings. The molecule has 1 aromatic carbocycles.